The maximum absolute atomic E-state index is 11.9. The van der Waals surface area contributed by atoms with Gasteiger partial charge >= 0.3 is 5.97 Å². The van der Waals surface area contributed by atoms with Crippen molar-refractivity contribution >= 4 is 17.6 Å². The van der Waals surface area contributed by atoms with Crippen molar-refractivity contribution in [2.45, 2.75) is 46.0 Å². The van der Waals surface area contributed by atoms with Crippen LogP contribution in [0.25, 0.3) is 0 Å². The Hall–Kier alpha value is -3.48. The number of allylic oxidation sites excluding steroid dienone is 2. The highest BCUT2D eigenvalue weighted by Gasteiger charge is 2.13. The van der Waals surface area contributed by atoms with Crippen molar-refractivity contribution in [3.63, 3.8) is 0 Å². The van der Waals surface area contributed by atoms with Crippen molar-refractivity contribution < 1.29 is 29.3 Å². The lowest BCUT2D eigenvalue weighted by Crippen LogP contribution is -2.14. The fourth-order valence-electron chi connectivity index (χ4n) is 3.34. The molecule has 0 fully saturated rings. The molecule has 0 aromatic heterocycles. The van der Waals surface area contributed by atoms with Crippen LogP contribution in [0.1, 0.15) is 43.4 Å². The Morgan fingerprint density at radius 2 is 1.72 bits per heavy atom. The van der Waals surface area contributed by atoms with E-state index in [-0.39, 0.29) is 24.5 Å². The molecule has 0 saturated carbocycles. The molecule has 0 saturated heterocycles. The van der Waals surface area contributed by atoms with E-state index in [1.807, 2.05) is 26.0 Å². The number of benzene rings is 2. The number of rotatable bonds is 11. The van der Waals surface area contributed by atoms with E-state index in [0.717, 1.165) is 16.7 Å². The molecular weight excluding hydrogens is 410 g/mol. The number of methoxy groups -OCH3 is 2. The van der Waals surface area contributed by atoms with Crippen molar-refractivity contribution in [2.24, 2.45) is 0 Å². The predicted molar refractivity (Wildman–Crippen MR) is 124 cm³/mol. The molecule has 0 aliphatic heterocycles. The number of ether oxygens (including phenoxy) is 2. The lowest BCUT2D eigenvalue weighted by atomic mass is 9.96. The highest BCUT2D eigenvalue weighted by Crippen LogP contribution is 2.31. The van der Waals surface area contributed by atoms with E-state index < -0.39 is 5.97 Å². The van der Waals surface area contributed by atoms with Crippen molar-refractivity contribution in [1.82, 2.24) is 0 Å². The highest BCUT2D eigenvalue weighted by molar-refractivity contribution is 5.93. The van der Waals surface area contributed by atoms with Gasteiger partial charge in [-0.25, -0.2) is 0 Å². The van der Waals surface area contributed by atoms with E-state index in [9.17, 15) is 14.7 Å². The fraction of sp³-hybridized carbons (Fsp3) is 0.360. The molecule has 0 aliphatic carbocycles. The van der Waals surface area contributed by atoms with Crippen LogP contribution in [0.5, 0.6) is 17.2 Å². The summed E-state index contributed by atoms with van der Waals surface area (Å²) in [5.74, 6) is -0.0713. The molecule has 1 amide bonds. The minimum Gasteiger partial charge on any atom is -0.508 e. The molecule has 2 rings (SSSR count). The average Bonchev–Trinajstić information content (AvgIpc) is 2.75. The summed E-state index contributed by atoms with van der Waals surface area (Å²) in [6.07, 6.45) is 3.89. The molecule has 2 aromatic carbocycles. The third-order valence-electron chi connectivity index (χ3n) is 5.01. The molecule has 0 atom stereocenters. The van der Waals surface area contributed by atoms with Crippen LogP contribution >= 0.6 is 0 Å². The number of carboxylic acids is 1. The molecule has 172 valence electrons. The fourth-order valence-corrected chi connectivity index (χ4v) is 3.34. The third-order valence-corrected chi connectivity index (χ3v) is 5.01. The van der Waals surface area contributed by atoms with Gasteiger partial charge in [-0.3, -0.25) is 9.59 Å². The standard InChI is InChI=1S/C25H31NO6/c1-16(2)5-9-20-18(14-19(27)15-22(20)31-3)8-6-17-7-10-21(23(13-17)32-4)26-24(28)11-12-25(29)30/h5,7,10,13-15,27H,6,8-9,11-12H2,1-4H3,(H,26,28)(H,29,30). The number of aliphatic carboxylic acids is 1. The van der Waals surface area contributed by atoms with Crippen molar-refractivity contribution in [2.75, 3.05) is 19.5 Å². The second-order valence-electron chi connectivity index (χ2n) is 7.75. The number of carbonyl (C=O) groups is 2. The summed E-state index contributed by atoms with van der Waals surface area (Å²) in [7, 11) is 3.11. The van der Waals surface area contributed by atoms with Crippen LogP contribution in [0.2, 0.25) is 0 Å². The van der Waals surface area contributed by atoms with Gasteiger partial charge in [-0.15, -0.1) is 0 Å². The van der Waals surface area contributed by atoms with E-state index in [1.54, 1.807) is 25.3 Å². The summed E-state index contributed by atoms with van der Waals surface area (Å²) in [6.45, 7) is 4.09. The Labute approximate surface area is 188 Å². The molecule has 0 aliphatic rings. The molecule has 0 unspecified atom stereocenters. The number of aryl methyl sites for hydroxylation is 2. The summed E-state index contributed by atoms with van der Waals surface area (Å²) in [5, 5.41) is 21.5. The van der Waals surface area contributed by atoms with Crippen LogP contribution in [0.4, 0.5) is 5.69 Å². The first kappa shape index (κ1) is 24.8. The molecule has 0 heterocycles. The number of amides is 1. The summed E-state index contributed by atoms with van der Waals surface area (Å²) in [6, 6.07) is 8.89. The number of hydrogen-bond acceptors (Lipinski definition) is 5. The maximum Gasteiger partial charge on any atom is 0.303 e. The van der Waals surface area contributed by atoms with Gasteiger partial charge in [0.05, 0.1) is 26.3 Å². The highest BCUT2D eigenvalue weighted by atomic mass is 16.5. The Bertz CT molecular complexity index is 992. The van der Waals surface area contributed by atoms with E-state index in [0.29, 0.717) is 36.4 Å². The first-order valence-corrected chi connectivity index (χ1v) is 10.4. The van der Waals surface area contributed by atoms with Gasteiger partial charge in [0.2, 0.25) is 5.91 Å². The molecule has 0 radical (unpaired) electrons. The van der Waals surface area contributed by atoms with Crippen molar-refractivity contribution in [1.29, 1.82) is 0 Å². The van der Waals surface area contributed by atoms with E-state index in [4.69, 9.17) is 14.6 Å². The average molecular weight is 442 g/mol. The first-order valence-electron chi connectivity index (χ1n) is 10.4. The van der Waals surface area contributed by atoms with Gasteiger partial charge in [-0.1, -0.05) is 17.7 Å². The van der Waals surface area contributed by atoms with Gasteiger partial charge in [0, 0.05) is 18.1 Å². The number of carboxylic acid groups (broad SMARTS) is 1. The van der Waals surface area contributed by atoms with E-state index >= 15 is 0 Å². The molecule has 32 heavy (non-hydrogen) atoms. The number of phenols is 1. The minimum atomic E-state index is -1.02. The number of aromatic hydroxyl groups is 1. The summed E-state index contributed by atoms with van der Waals surface area (Å²) < 4.78 is 10.9. The lowest BCUT2D eigenvalue weighted by molar-refractivity contribution is -0.138. The minimum absolute atomic E-state index is 0.103. The Morgan fingerprint density at radius 3 is 2.34 bits per heavy atom. The molecule has 2 aromatic rings. The maximum atomic E-state index is 11.9. The summed E-state index contributed by atoms with van der Waals surface area (Å²) in [4.78, 5) is 22.6. The smallest absolute Gasteiger partial charge is 0.303 e. The number of anilines is 1. The molecule has 0 spiro atoms. The predicted octanol–water partition coefficient (Wildman–Crippen LogP) is 4.51. The van der Waals surface area contributed by atoms with Gasteiger partial charge in [0.25, 0.3) is 0 Å². The Morgan fingerprint density at radius 1 is 1.00 bits per heavy atom. The van der Waals surface area contributed by atoms with Crippen LogP contribution in [-0.2, 0) is 28.9 Å². The zero-order valence-corrected chi connectivity index (χ0v) is 19.0. The Kier molecular flexibility index (Phi) is 9.13. The van der Waals surface area contributed by atoms with Gasteiger partial charge in [-0.2, -0.15) is 0 Å². The SMILES string of the molecule is COc1cc(CCc2cc(O)cc(OC)c2CC=C(C)C)ccc1NC(=O)CCC(=O)O. The van der Waals surface area contributed by atoms with E-state index in [1.165, 1.54) is 12.7 Å². The Balaban J connectivity index is 2.18. The van der Waals surface area contributed by atoms with Gasteiger partial charge in [-0.05, 0) is 62.4 Å². The number of hydrogen-bond donors (Lipinski definition) is 3. The summed E-state index contributed by atoms with van der Waals surface area (Å²) in [5.41, 5.74) is 4.75. The zero-order valence-electron chi connectivity index (χ0n) is 19.0. The number of carbonyl (C=O) groups excluding carboxylic acids is 1. The van der Waals surface area contributed by atoms with E-state index in [2.05, 4.69) is 11.4 Å². The second kappa shape index (κ2) is 11.8. The normalized spacial score (nSPS) is 10.4. The van der Waals surface area contributed by atoms with Gasteiger partial charge < -0.3 is 25.0 Å². The van der Waals surface area contributed by atoms with Gasteiger partial charge in [0.15, 0.2) is 0 Å². The monoisotopic (exact) mass is 441 g/mol. The zero-order chi connectivity index (χ0) is 23.7. The van der Waals surface area contributed by atoms with Crippen LogP contribution in [0.15, 0.2) is 42.0 Å². The first-order chi connectivity index (χ1) is 15.2. The molecule has 7 heteroatoms. The quantitative estimate of drug-likeness (QED) is 0.443. The van der Waals surface area contributed by atoms with Crippen LogP contribution in [0.3, 0.4) is 0 Å². The van der Waals surface area contributed by atoms with Crippen molar-refractivity contribution in [3.05, 3.63) is 58.7 Å². The molecular formula is C25H31NO6. The van der Waals surface area contributed by atoms with Crippen molar-refractivity contribution in [3.8, 4) is 17.2 Å². The van der Waals surface area contributed by atoms with Crippen LogP contribution in [0, 0.1) is 0 Å². The third kappa shape index (κ3) is 7.34. The van der Waals surface area contributed by atoms with Crippen LogP contribution < -0.4 is 14.8 Å². The summed E-state index contributed by atoms with van der Waals surface area (Å²) >= 11 is 0. The second-order valence-corrected chi connectivity index (χ2v) is 7.75. The number of nitrogens with one attached hydrogen (secondary N) is 1. The molecule has 3 N–H and O–H groups in total. The topological polar surface area (TPSA) is 105 Å². The number of phenolic OH excluding ortho intramolecular Hbond substituents is 1. The largest absolute Gasteiger partial charge is 0.508 e. The van der Waals surface area contributed by atoms with Gasteiger partial charge in [0.1, 0.15) is 17.2 Å². The molecule has 7 nitrogen and oxygen atoms in total. The molecule has 0 bridgehead atoms. The van der Waals surface area contributed by atoms with Crippen LogP contribution in [-0.4, -0.2) is 36.3 Å². The lowest BCUT2D eigenvalue weighted by Gasteiger charge is -2.15.